The lowest BCUT2D eigenvalue weighted by Gasteiger charge is -2.10. The SMILES string of the molecule is CCCCCCCCCCNCC(C)CCCl. The van der Waals surface area contributed by atoms with Crippen LogP contribution >= 0.6 is 11.6 Å². The Morgan fingerprint density at radius 1 is 0.941 bits per heavy atom. The molecule has 1 N–H and O–H groups in total. The van der Waals surface area contributed by atoms with Gasteiger partial charge in [-0.25, -0.2) is 0 Å². The van der Waals surface area contributed by atoms with E-state index in [4.69, 9.17) is 11.6 Å². The van der Waals surface area contributed by atoms with Crippen LogP contribution in [0.2, 0.25) is 0 Å². The Kier molecular flexibility index (Phi) is 14.5. The fourth-order valence-corrected chi connectivity index (χ4v) is 2.39. The predicted octanol–water partition coefficient (Wildman–Crippen LogP) is 4.98. The minimum Gasteiger partial charge on any atom is -0.316 e. The van der Waals surface area contributed by atoms with E-state index in [1.165, 1.54) is 57.9 Å². The highest BCUT2D eigenvalue weighted by Crippen LogP contribution is 2.08. The summed E-state index contributed by atoms with van der Waals surface area (Å²) in [7, 11) is 0. The van der Waals surface area contributed by atoms with E-state index in [2.05, 4.69) is 19.2 Å². The smallest absolute Gasteiger partial charge is 0.0226 e. The van der Waals surface area contributed by atoms with Crippen molar-refractivity contribution in [1.82, 2.24) is 5.32 Å². The van der Waals surface area contributed by atoms with Gasteiger partial charge in [0, 0.05) is 5.88 Å². The lowest BCUT2D eigenvalue weighted by atomic mass is 10.1. The van der Waals surface area contributed by atoms with E-state index < -0.39 is 0 Å². The van der Waals surface area contributed by atoms with E-state index in [1.54, 1.807) is 0 Å². The molecular weight excluding hydrogens is 230 g/mol. The average molecular weight is 262 g/mol. The molecule has 0 aliphatic rings. The van der Waals surface area contributed by atoms with Crippen molar-refractivity contribution in [1.29, 1.82) is 0 Å². The van der Waals surface area contributed by atoms with Gasteiger partial charge in [0.25, 0.3) is 0 Å². The first-order chi connectivity index (χ1) is 8.31. The second-order valence-corrected chi connectivity index (χ2v) is 5.64. The van der Waals surface area contributed by atoms with Crippen LogP contribution in [0.4, 0.5) is 0 Å². The van der Waals surface area contributed by atoms with E-state index >= 15 is 0 Å². The van der Waals surface area contributed by atoms with Crippen LogP contribution < -0.4 is 5.32 Å². The highest BCUT2D eigenvalue weighted by atomic mass is 35.5. The maximum atomic E-state index is 5.70. The second-order valence-electron chi connectivity index (χ2n) is 5.26. The minimum atomic E-state index is 0.724. The van der Waals surface area contributed by atoms with Gasteiger partial charge in [0.05, 0.1) is 0 Å². The molecule has 0 aromatic rings. The summed E-state index contributed by atoms with van der Waals surface area (Å²) >= 11 is 5.70. The lowest BCUT2D eigenvalue weighted by Crippen LogP contribution is -2.22. The molecule has 2 heteroatoms. The fourth-order valence-electron chi connectivity index (χ4n) is 2.02. The van der Waals surface area contributed by atoms with E-state index in [9.17, 15) is 0 Å². The van der Waals surface area contributed by atoms with Gasteiger partial charge in [0.2, 0.25) is 0 Å². The Bertz CT molecular complexity index is 139. The molecule has 0 saturated heterocycles. The van der Waals surface area contributed by atoms with Crippen LogP contribution in [0.5, 0.6) is 0 Å². The van der Waals surface area contributed by atoms with Crippen LogP contribution in [0, 0.1) is 5.92 Å². The summed E-state index contributed by atoms with van der Waals surface area (Å²) < 4.78 is 0. The largest absolute Gasteiger partial charge is 0.316 e. The summed E-state index contributed by atoms with van der Waals surface area (Å²) in [6.45, 7) is 6.85. The molecule has 104 valence electrons. The number of alkyl halides is 1. The highest BCUT2D eigenvalue weighted by molar-refractivity contribution is 6.17. The van der Waals surface area contributed by atoms with Crippen LogP contribution in [0.1, 0.15) is 71.6 Å². The summed E-state index contributed by atoms with van der Waals surface area (Å²) in [6.07, 6.45) is 12.4. The molecule has 0 aromatic carbocycles. The standard InChI is InChI=1S/C15H32ClN/c1-3-4-5-6-7-8-9-10-13-17-14-15(2)11-12-16/h15,17H,3-14H2,1-2H3. The van der Waals surface area contributed by atoms with Crippen molar-refractivity contribution >= 4 is 11.6 Å². The predicted molar refractivity (Wildman–Crippen MR) is 80.0 cm³/mol. The summed E-state index contributed by atoms with van der Waals surface area (Å²) in [4.78, 5) is 0. The number of nitrogens with one attached hydrogen (secondary N) is 1. The third kappa shape index (κ3) is 14.2. The monoisotopic (exact) mass is 261 g/mol. The van der Waals surface area contributed by atoms with Gasteiger partial charge in [0.1, 0.15) is 0 Å². The second kappa shape index (κ2) is 14.3. The molecule has 0 fully saturated rings. The van der Waals surface area contributed by atoms with Crippen molar-refractivity contribution in [2.75, 3.05) is 19.0 Å². The number of halogens is 1. The third-order valence-electron chi connectivity index (χ3n) is 3.30. The molecule has 1 atom stereocenters. The van der Waals surface area contributed by atoms with Crippen molar-refractivity contribution < 1.29 is 0 Å². The molecule has 0 saturated carbocycles. The maximum absolute atomic E-state index is 5.70. The van der Waals surface area contributed by atoms with Crippen LogP contribution in [0.25, 0.3) is 0 Å². The summed E-state index contributed by atoms with van der Waals surface area (Å²) in [5, 5.41) is 3.52. The highest BCUT2D eigenvalue weighted by Gasteiger charge is 1.99. The van der Waals surface area contributed by atoms with E-state index in [0.717, 1.165) is 24.8 Å². The third-order valence-corrected chi connectivity index (χ3v) is 3.52. The molecule has 0 aliphatic carbocycles. The number of unbranched alkanes of at least 4 members (excludes halogenated alkanes) is 7. The number of hydrogen-bond acceptors (Lipinski definition) is 1. The molecule has 0 bridgehead atoms. The number of hydrogen-bond donors (Lipinski definition) is 1. The number of rotatable bonds is 13. The Balaban J connectivity index is 2.98. The molecule has 0 radical (unpaired) electrons. The van der Waals surface area contributed by atoms with Gasteiger partial charge in [-0.2, -0.15) is 0 Å². The first-order valence-corrected chi connectivity index (χ1v) is 8.11. The quantitative estimate of drug-likeness (QED) is 0.364. The van der Waals surface area contributed by atoms with E-state index in [-0.39, 0.29) is 0 Å². The summed E-state index contributed by atoms with van der Waals surface area (Å²) in [5.41, 5.74) is 0. The van der Waals surface area contributed by atoms with Crippen molar-refractivity contribution in [2.24, 2.45) is 5.92 Å². The van der Waals surface area contributed by atoms with Gasteiger partial charge in [-0.3, -0.25) is 0 Å². The van der Waals surface area contributed by atoms with Crippen LogP contribution in [0.3, 0.4) is 0 Å². The first-order valence-electron chi connectivity index (χ1n) is 7.58. The molecule has 0 amide bonds. The van der Waals surface area contributed by atoms with Gasteiger partial charge in [-0.1, -0.05) is 58.8 Å². The Labute approximate surface area is 114 Å². The van der Waals surface area contributed by atoms with Gasteiger partial charge in [-0.05, 0) is 31.8 Å². The Hall–Kier alpha value is 0.250. The molecule has 0 rings (SSSR count). The van der Waals surface area contributed by atoms with Crippen molar-refractivity contribution in [3.05, 3.63) is 0 Å². The lowest BCUT2D eigenvalue weighted by molar-refractivity contribution is 0.486. The zero-order valence-corrected chi connectivity index (χ0v) is 12.7. The molecule has 17 heavy (non-hydrogen) atoms. The molecular formula is C15H32ClN. The topological polar surface area (TPSA) is 12.0 Å². The molecule has 1 unspecified atom stereocenters. The van der Waals surface area contributed by atoms with E-state index in [1.807, 2.05) is 0 Å². The van der Waals surface area contributed by atoms with Crippen molar-refractivity contribution in [2.45, 2.75) is 71.6 Å². The zero-order chi connectivity index (χ0) is 12.8. The molecule has 1 nitrogen and oxygen atoms in total. The summed E-state index contributed by atoms with van der Waals surface area (Å²) in [6, 6.07) is 0. The van der Waals surface area contributed by atoms with Gasteiger partial charge in [0.15, 0.2) is 0 Å². The summed E-state index contributed by atoms with van der Waals surface area (Å²) in [5.74, 6) is 1.52. The fraction of sp³-hybridized carbons (Fsp3) is 1.00. The van der Waals surface area contributed by atoms with Gasteiger partial charge >= 0.3 is 0 Å². The van der Waals surface area contributed by atoms with Crippen molar-refractivity contribution in [3.8, 4) is 0 Å². The first kappa shape index (κ1) is 17.2. The molecule has 0 heterocycles. The zero-order valence-electron chi connectivity index (χ0n) is 11.9. The normalized spacial score (nSPS) is 12.9. The van der Waals surface area contributed by atoms with Gasteiger partial charge in [-0.15, -0.1) is 11.6 Å². The van der Waals surface area contributed by atoms with Crippen LogP contribution in [-0.4, -0.2) is 19.0 Å². The van der Waals surface area contributed by atoms with Crippen LogP contribution in [-0.2, 0) is 0 Å². The van der Waals surface area contributed by atoms with Crippen molar-refractivity contribution in [3.63, 3.8) is 0 Å². The molecule has 0 aliphatic heterocycles. The van der Waals surface area contributed by atoms with Gasteiger partial charge < -0.3 is 5.32 Å². The van der Waals surface area contributed by atoms with Crippen LogP contribution in [0.15, 0.2) is 0 Å². The Morgan fingerprint density at radius 2 is 1.53 bits per heavy atom. The molecule has 0 spiro atoms. The maximum Gasteiger partial charge on any atom is 0.0226 e. The Morgan fingerprint density at radius 3 is 2.12 bits per heavy atom. The average Bonchev–Trinajstić information content (AvgIpc) is 2.32. The minimum absolute atomic E-state index is 0.724. The molecule has 0 aromatic heterocycles. The van der Waals surface area contributed by atoms with E-state index in [0.29, 0.717) is 0 Å².